The minimum atomic E-state index is -0.281. The molecule has 1 amide bonds. The van der Waals surface area contributed by atoms with Crippen molar-refractivity contribution in [3.05, 3.63) is 35.1 Å². The van der Waals surface area contributed by atoms with Crippen LogP contribution in [0.5, 0.6) is 0 Å². The number of nitrogens with zero attached hydrogens (tertiary/aromatic N) is 2. The number of benzene rings is 1. The van der Waals surface area contributed by atoms with Gasteiger partial charge in [0, 0.05) is 37.8 Å². The van der Waals surface area contributed by atoms with Crippen LogP contribution in [0.2, 0.25) is 0 Å². The predicted octanol–water partition coefficient (Wildman–Crippen LogP) is 1.81. The Bertz CT molecular complexity index is 556. The first kappa shape index (κ1) is 15.4. The first-order valence-corrected chi connectivity index (χ1v) is 8.04. The lowest BCUT2D eigenvalue weighted by molar-refractivity contribution is 0.0315. The molecular weight excluding hydrogens is 283 g/mol. The number of hydrogen-bond acceptors (Lipinski definition) is 3. The smallest absolute Gasteiger partial charge is 0.253 e. The van der Waals surface area contributed by atoms with E-state index < -0.39 is 0 Å². The van der Waals surface area contributed by atoms with Crippen LogP contribution >= 0.6 is 0 Å². The van der Waals surface area contributed by atoms with Gasteiger partial charge in [0.15, 0.2) is 0 Å². The Morgan fingerprint density at radius 1 is 1.23 bits per heavy atom. The van der Waals surface area contributed by atoms with Gasteiger partial charge in [-0.15, -0.1) is 0 Å². The molecule has 1 aliphatic heterocycles. The summed E-state index contributed by atoms with van der Waals surface area (Å²) in [5, 5.41) is 9.99. The molecule has 1 aromatic carbocycles. The third kappa shape index (κ3) is 3.01. The number of hydrogen-bond donors (Lipinski definition) is 1. The minimum Gasteiger partial charge on any atom is -0.391 e. The number of rotatable bonds is 2. The number of aliphatic hydroxyl groups excluding tert-OH is 1. The topological polar surface area (TPSA) is 43.8 Å². The lowest BCUT2D eigenvalue weighted by Crippen LogP contribution is -2.53. The van der Waals surface area contributed by atoms with Crippen LogP contribution in [-0.2, 0) is 0 Å². The first-order chi connectivity index (χ1) is 10.6. The number of aliphatic hydroxyl groups is 1. The molecule has 120 valence electrons. The molecule has 5 heteroatoms. The van der Waals surface area contributed by atoms with Gasteiger partial charge in [-0.25, -0.2) is 4.39 Å². The quantitative estimate of drug-likeness (QED) is 0.906. The van der Waals surface area contributed by atoms with E-state index in [2.05, 4.69) is 4.90 Å². The molecule has 1 N–H and O–H groups in total. The SMILES string of the molecule is Cc1cc(C(=O)N2CCN(C3CCCC3O)CC2)ccc1F. The highest BCUT2D eigenvalue weighted by Gasteiger charge is 2.33. The van der Waals surface area contributed by atoms with Crippen molar-refractivity contribution in [1.29, 1.82) is 0 Å². The zero-order valence-corrected chi connectivity index (χ0v) is 13.0. The second-order valence-corrected chi connectivity index (χ2v) is 6.36. The van der Waals surface area contributed by atoms with E-state index in [1.54, 1.807) is 19.1 Å². The van der Waals surface area contributed by atoms with Crippen LogP contribution in [0.15, 0.2) is 18.2 Å². The zero-order chi connectivity index (χ0) is 15.7. The molecule has 4 nitrogen and oxygen atoms in total. The Morgan fingerprint density at radius 2 is 1.95 bits per heavy atom. The Labute approximate surface area is 130 Å². The second-order valence-electron chi connectivity index (χ2n) is 6.36. The molecule has 2 aliphatic rings. The van der Waals surface area contributed by atoms with Gasteiger partial charge in [0.1, 0.15) is 5.82 Å². The molecule has 0 radical (unpaired) electrons. The lowest BCUT2D eigenvalue weighted by atomic mass is 10.1. The second kappa shape index (κ2) is 6.34. The molecule has 2 unspecified atom stereocenters. The number of carbonyl (C=O) groups excluding carboxylic acids is 1. The fraction of sp³-hybridized carbons (Fsp3) is 0.588. The molecule has 0 spiro atoms. The molecular formula is C17H23FN2O2. The summed E-state index contributed by atoms with van der Waals surface area (Å²) in [5.41, 5.74) is 1.05. The van der Waals surface area contributed by atoms with Crippen molar-refractivity contribution < 1.29 is 14.3 Å². The van der Waals surface area contributed by atoms with E-state index in [1.807, 2.05) is 4.90 Å². The zero-order valence-electron chi connectivity index (χ0n) is 13.0. The van der Waals surface area contributed by atoms with Gasteiger partial charge in [-0.05, 0) is 49.9 Å². The van der Waals surface area contributed by atoms with Crippen LogP contribution in [0.3, 0.4) is 0 Å². The molecule has 1 saturated carbocycles. The summed E-state index contributed by atoms with van der Waals surface area (Å²) < 4.78 is 13.3. The maximum atomic E-state index is 13.3. The number of aryl methyl sites for hydroxylation is 1. The van der Waals surface area contributed by atoms with Crippen LogP contribution in [0.25, 0.3) is 0 Å². The van der Waals surface area contributed by atoms with Crippen LogP contribution in [-0.4, -0.2) is 59.1 Å². The fourth-order valence-corrected chi connectivity index (χ4v) is 3.56. The standard InChI is InChI=1S/C17H23FN2O2/c1-12-11-13(5-6-14(12)18)17(22)20-9-7-19(8-10-20)15-3-2-4-16(15)21/h5-6,11,15-16,21H,2-4,7-10H2,1H3. The van der Waals surface area contributed by atoms with Gasteiger partial charge in [-0.2, -0.15) is 0 Å². The molecule has 2 atom stereocenters. The molecule has 22 heavy (non-hydrogen) atoms. The molecule has 2 fully saturated rings. The molecule has 1 aliphatic carbocycles. The van der Waals surface area contributed by atoms with E-state index in [1.165, 1.54) is 6.07 Å². The average molecular weight is 306 g/mol. The van der Waals surface area contributed by atoms with Crippen molar-refractivity contribution in [3.8, 4) is 0 Å². The van der Waals surface area contributed by atoms with E-state index in [9.17, 15) is 14.3 Å². The predicted molar refractivity (Wildman–Crippen MR) is 82.3 cm³/mol. The van der Waals surface area contributed by atoms with Gasteiger partial charge >= 0.3 is 0 Å². The Morgan fingerprint density at radius 3 is 2.55 bits per heavy atom. The third-order valence-electron chi connectivity index (χ3n) is 4.92. The Hall–Kier alpha value is -1.46. The average Bonchev–Trinajstić information content (AvgIpc) is 2.95. The summed E-state index contributed by atoms with van der Waals surface area (Å²) in [6.45, 7) is 4.60. The van der Waals surface area contributed by atoms with Crippen molar-refractivity contribution in [1.82, 2.24) is 9.80 Å². The summed E-state index contributed by atoms with van der Waals surface area (Å²) in [6.07, 6.45) is 2.80. The van der Waals surface area contributed by atoms with Crippen molar-refractivity contribution in [3.63, 3.8) is 0 Å². The summed E-state index contributed by atoms with van der Waals surface area (Å²) >= 11 is 0. The molecule has 0 aromatic heterocycles. The Kier molecular flexibility index (Phi) is 4.45. The van der Waals surface area contributed by atoms with Gasteiger partial charge in [-0.1, -0.05) is 0 Å². The number of piperazine rings is 1. The van der Waals surface area contributed by atoms with Crippen LogP contribution < -0.4 is 0 Å². The van der Waals surface area contributed by atoms with Gasteiger partial charge in [-0.3, -0.25) is 9.69 Å². The number of amides is 1. The molecule has 0 bridgehead atoms. The molecule has 1 saturated heterocycles. The van der Waals surface area contributed by atoms with Crippen molar-refractivity contribution in [2.75, 3.05) is 26.2 Å². The summed E-state index contributed by atoms with van der Waals surface area (Å²) in [5.74, 6) is -0.314. The largest absolute Gasteiger partial charge is 0.391 e. The highest BCUT2D eigenvalue weighted by Crippen LogP contribution is 2.25. The van der Waals surface area contributed by atoms with Crippen LogP contribution in [0, 0.1) is 12.7 Å². The Balaban J connectivity index is 1.61. The van der Waals surface area contributed by atoms with Crippen molar-refractivity contribution in [2.45, 2.75) is 38.3 Å². The maximum absolute atomic E-state index is 13.3. The fourth-order valence-electron chi connectivity index (χ4n) is 3.56. The number of carbonyl (C=O) groups is 1. The van der Waals surface area contributed by atoms with E-state index in [0.717, 1.165) is 32.4 Å². The van der Waals surface area contributed by atoms with E-state index in [-0.39, 0.29) is 23.9 Å². The van der Waals surface area contributed by atoms with Gasteiger partial charge < -0.3 is 10.0 Å². The first-order valence-electron chi connectivity index (χ1n) is 8.04. The number of halogens is 1. The van der Waals surface area contributed by atoms with Crippen LogP contribution in [0.1, 0.15) is 35.2 Å². The van der Waals surface area contributed by atoms with Gasteiger partial charge in [0.25, 0.3) is 5.91 Å². The van der Waals surface area contributed by atoms with Crippen molar-refractivity contribution >= 4 is 5.91 Å². The molecule has 3 rings (SSSR count). The highest BCUT2D eigenvalue weighted by atomic mass is 19.1. The monoisotopic (exact) mass is 306 g/mol. The van der Waals surface area contributed by atoms with Gasteiger partial charge in [0.2, 0.25) is 0 Å². The molecule has 1 aromatic rings. The third-order valence-corrected chi connectivity index (χ3v) is 4.92. The van der Waals surface area contributed by atoms with Crippen LogP contribution in [0.4, 0.5) is 4.39 Å². The minimum absolute atomic E-state index is 0.0327. The van der Waals surface area contributed by atoms with E-state index in [0.29, 0.717) is 24.2 Å². The van der Waals surface area contributed by atoms with E-state index in [4.69, 9.17) is 0 Å². The van der Waals surface area contributed by atoms with Gasteiger partial charge in [0.05, 0.1) is 6.10 Å². The summed E-state index contributed by atoms with van der Waals surface area (Å²) in [7, 11) is 0. The summed E-state index contributed by atoms with van der Waals surface area (Å²) in [4.78, 5) is 16.6. The lowest BCUT2D eigenvalue weighted by Gasteiger charge is -2.39. The highest BCUT2D eigenvalue weighted by molar-refractivity contribution is 5.94. The van der Waals surface area contributed by atoms with E-state index >= 15 is 0 Å². The summed E-state index contributed by atoms with van der Waals surface area (Å²) in [6, 6.07) is 4.78. The van der Waals surface area contributed by atoms with Crippen molar-refractivity contribution in [2.24, 2.45) is 0 Å². The molecule has 1 heterocycles. The maximum Gasteiger partial charge on any atom is 0.253 e. The normalized spacial score (nSPS) is 26.4.